The molecule has 1 atom stereocenters. The standard InChI is InChI=1S/C16H21N3O3/c1-4-16(5-2,14(20)21)19-15(22)18-13-8-6-12(7-9-13)11(3)10-17/h6-9,11H,4-5H2,1-3H3,(H,20,21)(H2,18,19,22). The van der Waals surface area contributed by atoms with E-state index in [4.69, 9.17) is 5.26 Å². The third kappa shape index (κ3) is 3.98. The first-order valence-electron chi connectivity index (χ1n) is 7.20. The van der Waals surface area contributed by atoms with E-state index in [0.717, 1.165) is 5.56 Å². The van der Waals surface area contributed by atoms with Gasteiger partial charge < -0.3 is 15.7 Å². The number of nitrogens with one attached hydrogen (secondary N) is 2. The van der Waals surface area contributed by atoms with Crippen molar-refractivity contribution in [1.29, 1.82) is 5.26 Å². The van der Waals surface area contributed by atoms with Gasteiger partial charge in [0.05, 0.1) is 12.0 Å². The van der Waals surface area contributed by atoms with Gasteiger partial charge in [0.1, 0.15) is 5.54 Å². The summed E-state index contributed by atoms with van der Waals surface area (Å²) in [6, 6.07) is 8.45. The molecule has 1 rings (SSSR count). The number of carbonyl (C=O) groups is 2. The van der Waals surface area contributed by atoms with Gasteiger partial charge in [0, 0.05) is 5.69 Å². The van der Waals surface area contributed by atoms with Crippen LogP contribution in [-0.4, -0.2) is 22.6 Å². The van der Waals surface area contributed by atoms with Crippen LogP contribution in [0.5, 0.6) is 0 Å². The fraction of sp³-hybridized carbons (Fsp3) is 0.438. The molecular weight excluding hydrogens is 282 g/mol. The Kier molecular flexibility index (Phi) is 5.93. The summed E-state index contributed by atoms with van der Waals surface area (Å²) in [5.74, 6) is -1.27. The number of hydrogen-bond donors (Lipinski definition) is 3. The average Bonchev–Trinajstić information content (AvgIpc) is 2.52. The molecule has 0 saturated carbocycles. The fourth-order valence-electron chi connectivity index (χ4n) is 2.09. The molecule has 1 aromatic carbocycles. The molecule has 0 spiro atoms. The molecule has 118 valence electrons. The lowest BCUT2D eigenvalue weighted by Crippen LogP contribution is -2.54. The first kappa shape index (κ1) is 17.5. The van der Waals surface area contributed by atoms with E-state index in [1.165, 1.54) is 0 Å². The smallest absolute Gasteiger partial charge is 0.329 e. The number of benzene rings is 1. The van der Waals surface area contributed by atoms with E-state index in [1.54, 1.807) is 45.0 Å². The number of carboxylic acids is 1. The Labute approximate surface area is 130 Å². The van der Waals surface area contributed by atoms with Crippen LogP contribution < -0.4 is 10.6 Å². The monoisotopic (exact) mass is 303 g/mol. The zero-order valence-corrected chi connectivity index (χ0v) is 13.0. The van der Waals surface area contributed by atoms with Crippen LogP contribution in [0.25, 0.3) is 0 Å². The van der Waals surface area contributed by atoms with Gasteiger partial charge in [-0.3, -0.25) is 0 Å². The number of carboxylic acid groups (broad SMARTS) is 1. The molecule has 1 unspecified atom stereocenters. The van der Waals surface area contributed by atoms with Crippen LogP contribution in [0.4, 0.5) is 10.5 Å². The van der Waals surface area contributed by atoms with Gasteiger partial charge in [0.2, 0.25) is 0 Å². The molecule has 0 aliphatic carbocycles. The van der Waals surface area contributed by atoms with Crippen molar-refractivity contribution in [2.24, 2.45) is 0 Å². The first-order chi connectivity index (χ1) is 10.4. The lowest BCUT2D eigenvalue weighted by molar-refractivity contribution is -0.144. The average molecular weight is 303 g/mol. The molecule has 0 aromatic heterocycles. The van der Waals surface area contributed by atoms with Gasteiger partial charge in [-0.25, -0.2) is 9.59 Å². The lowest BCUT2D eigenvalue weighted by Gasteiger charge is -2.28. The largest absolute Gasteiger partial charge is 0.480 e. The molecule has 0 fully saturated rings. The van der Waals surface area contributed by atoms with Gasteiger partial charge >= 0.3 is 12.0 Å². The van der Waals surface area contributed by atoms with Crippen molar-refractivity contribution in [2.75, 3.05) is 5.32 Å². The SMILES string of the molecule is CCC(CC)(NC(=O)Nc1ccc(C(C)C#N)cc1)C(=O)O. The van der Waals surface area contributed by atoms with Crippen molar-refractivity contribution in [3.8, 4) is 6.07 Å². The van der Waals surface area contributed by atoms with Gasteiger partial charge in [0.15, 0.2) is 0 Å². The summed E-state index contributed by atoms with van der Waals surface area (Å²) in [4.78, 5) is 23.3. The minimum absolute atomic E-state index is 0.220. The van der Waals surface area contributed by atoms with Crippen LogP contribution in [-0.2, 0) is 4.79 Å². The van der Waals surface area contributed by atoms with Gasteiger partial charge in [0.25, 0.3) is 0 Å². The predicted octanol–water partition coefficient (Wildman–Crippen LogP) is 3.08. The van der Waals surface area contributed by atoms with E-state index in [-0.39, 0.29) is 5.92 Å². The van der Waals surface area contributed by atoms with E-state index in [2.05, 4.69) is 16.7 Å². The number of hydrogen-bond acceptors (Lipinski definition) is 3. The minimum Gasteiger partial charge on any atom is -0.480 e. The van der Waals surface area contributed by atoms with Gasteiger partial charge in [-0.05, 0) is 37.5 Å². The van der Waals surface area contributed by atoms with Crippen LogP contribution >= 0.6 is 0 Å². The number of carbonyl (C=O) groups excluding carboxylic acids is 1. The number of aliphatic carboxylic acids is 1. The lowest BCUT2D eigenvalue weighted by atomic mass is 9.93. The maximum absolute atomic E-state index is 12.0. The molecule has 0 aliphatic heterocycles. The van der Waals surface area contributed by atoms with Crippen LogP contribution in [0.3, 0.4) is 0 Å². The van der Waals surface area contributed by atoms with Crippen LogP contribution in [0.2, 0.25) is 0 Å². The van der Waals surface area contributed by atoms with E-state index in [9.17, 15) is 14.7 Å². The normalized spacial score (nSPS) is 12.1. The highest BCUT2D eigenvalue weighted by molar-refractivity contribution is 5.93. The van der Waals surface area contributed by atoms with Crippen LogP contribution in [0, 0.1) is 11.3 Å². The summed E-state index contributed by atoms with van der Waals surface area (Å²) < 4.78 is 0. The molecule has 0 heterocycles. The quantitative estimate of drug-likeness (QED) is 0.751. The summed E-state index contributed by atoms with van der Waals surface area (Å²) in [5, 5.41) is 23.3. The number of urea groups is 1. The Hall–Kier alpha value is -2.55. The maximum atomic E-state index is 12.0. The molecule has 0 radical (unpaired) electrons. The first-order valence-corrected chi connectivity index (χ1v) is 7.20. The molecule has 6 heteroatoms. The van der Waals surface area contributed by atoms with E-state index < -0.39 is 17.5 Å². The fourth-order valence-corrected chi connectivity index (χ4v) is 2.09. The van der Waals surface area contributed by atoms with Gasteiger partial charge in [-0.15, -0.1) is 0 Å². The van der Waals surface area contributed by atoms with Gasteiger partial charge in [-0.2, -0.15) is 5.26 Å². The molecular formula is C16H21N3O3. The number of rotatable bonds is 6. The molecule has 0 saturated heterocycles. The second-order valence-electron chi connectivity index (χ2n) is 5.15. The summed E-state index contributed by atoms with van der Waals surface area (Å²) >= 11 is 0. The van der Waals surface area contributed by atoms with Crippen molar-refractivity contribution < 1.29 is 14.7 Å². The van der Waals surface area contributed by atoms with E-state index in [1.807, 2.05) is 0 Å². The topological polar surface area (TPSA) is 102 Å². The van der Waals surface area contributed by atoms with Crippen LogP contribution in [0.1, 0.15) is 45.1 Å². The second kappa shape index (κ2) is 7.46. The number of nitriles is 1. The summed E-state index contributed by atoms with van der Waals surface area (Å²) in [6.07, 6.45) is 0.593. The zero-order chi connectivity index (χ0) is 16.8. The highest BCUT2D eigenvalue weighted by atomic mass is 16.4. The Morgan fingerprint density at radius 1 is 1.27 bits per heavy atom. The second-order valence-corrected chi connectivity index (χ2v) is 5.15. The molecule has 3 N–H and O–H groups in total. The highest BCUT2D eigenvalue weighted by Gasteiger charge is 2.36. The third-order valence-electron chi connectivity index (χ3n) is 3.83. The molecule has 0 aliphatic rings. The Morgan fingerprint density at radius 3 is 2.23 bits per heavy atom. The molecule has 1 aromatic rings. The molecule has 22 heavy (non-hydrogen) atoms. The molecule has 6 nitrogen and oxygen atoms in total. The Morgan fingerprint density at radius 2 is 1.82 bits per heavy atom. The number of nitrogens with zero attached hydrogens (tertiary/aromatic N) is 1. The van der Waals surface area contributed by atoms with Crippen molar-refractivity contribution >= 4 is 17.7 Å². The van der Waals surface area contributed by atoms with E-state index >= 15 is 0 Å². The summed E-state index contributed by atoms with van der Waals surface area (Å²) in [7, 11) is 0. The number of amides is 2. The summed E-state index contributed by atoms with van der Waals surface area (Å²) in [5.41, 5.74) is 0.132. The maximum Gasteiger partial charge on any atom is 0.329 e. The summed E-state index contributed by atoms with van der Waals surface area (Å²) in [6.45, 7) is 5.23. The minimum atomic E-state index is -1.26. The van der Waals surface area contributed by atoms with Crippen molar-refractivity contribution in [3.63, 3.8) is 0 Å². The zero-order valence-electron chi connectivity index (χ0n) is 13.0. The van der Waals surface area contributed by atoms with E-state index in [0.29, 0.717) is 18.5 Å². The van der Waals surface area contributed by atoms with Crippen molar-refractivity contribution in [2.45, 2.75) is 45.1 Å². The highest BCUT2D eigenvalue weighted by Crippen LogP contribution is 2.18. The van der Waals surface area contributed by atoms with Gasteiger partial charge in [-0.1, -0.05) is 26.0 Å². The Balaban J connectivity index is 2.77. The number of anilines is 1. The third-order valence-corrected chi connectivity index (χ3v) is 3.83. The Bertz CT molecular complexity index is 571. The predicted molar refractivity (Wildman–Crippen MR) is 83.6 cm³/mol. The van der Waals surface area contributed by atoms with Crippen molar-refractivity contribution in [1.82, 2.24) is 5.32 Å². The van der Waals surface area contributed by atoms with Crippen molar-refractivity contribution in [3.05, 3.63) is 29.8 Å². The molecule has 2 amide bonds. The molecule has 0 bridgehead atoms. The van der Waals surface area contributed by atoms with Crippen LogP contribution in [0.15, 0.2) is 24.3 Å².